The SMILES string of the molecule is CC.CC.CC.O=c1c2ccccc2nc(SCc2c(F)cccc2Cl)n1-c1cccnc1. The molecule has 0 aliphatic rings. The molecule has 0 bridgehead atoms. The Morgan fingerprint density at radius 3 is 2.27 bits per heavy atom. The van der Waals surface area contributed by atoms with E-state index in [0.29, 0.717) is 32.3 Å². The molecule has 4 rings (SSSR count). The maximum atomic E-state index is 14.1. The van der Waals surface area contributed by atoms with Crippen LogP contribution in [0.5, 0.6) is 0 Å². The molecule has 4 aromatic rings. The van der Waals surface area contributed by atoms with Crippen molar-refractivity contribution >= 4 is 34.3 Å². The number of aromatic nitrogens is 3. The number of thioether (sulfide) groups is 1. The summed E-state index contributed by atoms with van der Waals surface area (Å²) in [5, 5.41) is 1.30. The van der Waals surface area contributed by atoms with Gasteiger partial charge in [0.25, 0.3) is 5.56 Å². The quantitative estimate of drug-likeness (QED) is 0.216. The molecule has 33 heavy (non-hydrogen) atoms. The van der Waals surface area contributed by atoms with Gasteiger partial charge in [0.1, 0.15) is 5.82 Å². The minimum absolute atomic E-state index is 0.198. The minimum Gasteiger partial charge on any atom is -0.268 e. The number of fused-ring (bicyclic) bond motifs is 1. The van der Waals surface area contributed by atoms with Gasteiger partial charge in [-0.2, -0.15) is 0 Å². The van der Waals surface area contributed by atoms with Crippen molar-refractivity contribution in [2.24, 2.45) is 0 Å². The molecule has 176 valence electrons. The van der Waals surface area contributed by atoms with Gasteiger partial charge in [-0.3, -0.25) is 14.3 Å². The van der Waals surface area contributed by atoms with Crippen LogP contribution in [0, 0.1) is 5.82 Å². The van der Waals surface area contributed by atoms with E-state index in [-0.39, 0.29) is 17.1 Å². The zero-order valence-electron chi connectivity index (χ0n) is 20.0. The second-order valence-corrected chi connectivity index (χ2v) is 7.10. The predicted octanol–water partition coefficient (Wildman–Crippen LogP) is 7.94. The molecule has 0 saturated heterocycles. The minimum atomic E-state index is -0.383. The van der Waals surface area contributed by atoms with E-state index in [1.54, 1.807) is 54.9 Å². The Morgan fingerprint density at radius 2 is 1.64 bits per heavy atom. The smallest absolute Gasteiger partial charge is 0.266 e. The molecule has 4 nitrogen and oxygen atoms in total. The van der Waals surface area contributed by atoms with E-state index in [9.17, 15) is 9.18 Å². The number of hydrogen-bond donors (Lipinski definition) is 0. The number of rotatable bonds is 4. The van der Waals surface area contributed by atoms with Crippen molar-refractivity contribution in [3.05, 3.63) is 93.7 Å². The van der Waals surface area contributed by atoms with E-state index in [1.807, 2.05) is 47.6 Å². The van der Waals surface area contributed by atoms with Crippen LogP contribution in [-0.2, 0) is 5.75 Å². The third kappa shape index (κ3) is 7.14. The van der Waals surface area contributed by atoms with Crippen LogP contribution in [0.25, 0.3) is 16.6 Å². The zero-order chi connectivity index (χ0) is 24.8. The summed E-state index contributed by atoms with van der Waals surface area (Å²) in [5.74, 6) is -0.137. The molecule has 0 atom stereocenters. The van der Waals surface area contributed by atoms with Crippen LogP contribution in [0.15, 0.2) is 76.9 Å². The van der Waals surface area contributed by atoms with Gasteiger partial charge in [-0.25, -0.2) is 9.37 Å². The van der Waals surface area contributed by atoms with Crippen molar-refractivity contribution in [2.75, 3.05) is 0 Å². The first-order chi connectivity index (χ1) is 16.1. The first-order valence-corrected chi connectivity index (χ1v) is 12.5. The Kier molecular flexibility index (Phi) is 13.0. The van der Waals surface area contributed by atoms with Crippen molar-refractivity contribution in [3.63, 3.8) is 0 Å². The number of pyridine rings is 1. The summed E-state index contributed by atoms with van der Waals surface area (Å²) in [6.07, 6.45) is 3.23. The van der Waals surface area contributed by atoms with Gasteiger partial charge >= 0.3 is 0 Å². The van der Waals surface area contributed by atoms with Gasteiger partial charge in [0.05, 0.1) is 22.8 Å². The van der Waals surface area contributed by atoms with Crippen LogP contribution in [0.3, 0.4) is 0 Å². The second-order valence-electron chi connectivity index (χ2n) is 5.75. The summed E-state index contributed by atoms with van der Waals surface area (Å²) in [5.41, 5.74) is 1.37. The third-order valence-electron chi connectivity index (χ3n) is 4.06. The van der Waals surface area contributed by atoms with Gasteiger partial charge in [-0.15, -0.1) is 0 Å². The highest BCUT2D eigenvalue weighted by atomic mass is 35.5. The van der Waals surface area contributed by atoms with Crippen LogP contribution in [0.4, 0.5) is 4.39 Å². The summed E-state index contributed by atoms with van der Waals surface area (Å²) >= 11 is 7.38. The second kappa shape index (κ2) is 15.2. The summed E-state index contributed by atoms with van der Waals surface area (Å²) in [6.45, 7) is 12.0. The lowest BCUT2D eigenvalue weighted by Gasteiger charge is -2.13. The molecule has 2 aromatic carbocycles. The van der Waals surface area contributed by atoms with Crippen molar-refractivity contribution in [1.82, 2.24) is 14.5 Å². The van der Waals surface area contributed by atoms with E-state index in [4.69, 9.17) is 11.6 Å². The molecular weight excluding hydrogens is 457 g/mol. The maximum Gasteiger partial charge on any atom is 0.266 e. The Labute approximate surface area is 204 Å². The molecule has 0 aliphatic carbocycles. The average molecular weight is 488 g/mol. The highest BCUT2D eigenvalue weighted by molar-refractivity contribution is 7.98. The molecule has 0 fully saturated rings. The van der Waals surface area contributed by atoms with E-state index in [1.165, 1.54) is 22.4 Å². The highest BCUT2D eigenvalue weighted by Gasteiger charge is 2.15. The molecule has 0 aliphatic heterocycles. The van der Waals surface area contributed by atoms with Gasteiger partial charge < -0.3 is 0 Å². The Balaban J connectivity index is 0.000000841. The fraction of sp³-hybridized carbons (Fsp3) is 0.269. The summed E-state index contributed by atoms with van der Waals surface area (Å²) in [4.78, 5) is 21.8. The molecule has 2 aromatic heterocycles. The molecule has 0 amide bonds. The lowest BCUT2D eigenvalue weighted by molar-refractivity contribution is 0.617. The van der Waals surface area contributed by atoms with Crippen molar-refractivity contribution < 1.29 is 4.39 Å². The molecule has 7 heteroatoms. The van der Waals surface area contributed by atoms with Crippen LogP contribution in [0.1, 0.15) is 47.1 Å². The standard InChI is InChI=1S/C20H13ClFN3OS.3C2H6/c21-16-7-3-8-17(22)15(16)12-27-20-24-18-9-2-1-6-14(18)19(26)25(20)13-5-4-10-23-11-13;3*1-2/h1-11H,12H2;3*1-2H3. The van der Waals surface area contributed by atoms with Crippen molar-refractivity contribution in [3.8, 4) is 5.69 Å². The fourth-order valence-electron chi connectivity index (χ4n) is 2.73. The van der Waals surface area contributed by atoms with E-state index in [2.05, 4.69) is 9.97 Å². The molecule has 2 heterocycles. The normalized spacial score (nSPS) is 9.58. The topological polar surface area (TPSA) is 47.8 Å². The van der Waals surface area contributed by atoms with Gasteiger partial charge in [-0.05, 0) is 36.4 Å². The number of para-hydroxylation sites is 1. The van der Waals surface area contributed by atoms with Crippen molar-refractivity contribution in [2.45, 2.75) is 52.5 Å². The van der Waals surface area contributed by atoms with Gasteiger partial charge in [0.15, 0.2) is 5.16 Å². The summed E-state index contributed by atoms with van der Waals surface area (Å²) < 4.78 is 15.6. The zero-order valence-corrected chi connectivity index (χ0v) is 21.5. The van der Waals surface area contributed by atoms with E-state index < -0.39 is 0 Å². The number of benzene rings is 2. The molecule has 0 spiro atoms. The molecule has 0 N–H and O–H groups in total. The summed E-state index contributed by atoms with van der Waals surface area (Å²) in [6, 6.07) is 15.2. The average Bonchev–Trinajstić information content (AvgIpc) is 2.88. The van der Waals surface area contributed by atoms with Gasteiger partial charge in [0, 0.05) is 22.5 Å². The number of halogens is 2. The molecular formula is C26H31ClFN3OS. The van der Waals surface area contributed by atoms with Gasteiger partial charge in [-0.1, -0.05) is 83.1 Å². The van der Waals surface area contributed by atoms with Crippen LogP contribution in [-0.4, -0.2) is 14.5 Å². The monoisotopic (exact) mass is 487 g/mol. The predicted molar refractivity (Wildman–Crippen MR) is 140 cm³/mol. The Morgan fingerprint density at radius 1 is 0.939 bits per heavy atom. The first-order valence-electron chi connectivity index (χ1n) is 11.1. The van der Waals surface area contributed by atoms with Gasteiger partial charge in [0.2, 0.25) is 0 Å². The van der Waals surface area contributed by atoms with Crippen LogP contribution >= 0.6 is 23.4 Å². The number of nitrogens with zero attached hydrogens (tertiary/aromatic N) is 3. The molecule has 0 saturated carbocycles. The fourth-order valence-corrected chi connectivity index (χ4v) is 4.09. The first kappa shape index (κ1) is 28.3. The van der Waals surface area contributed by atoms with E-state index in [0.717, 1.165) is 0 Å². The largest absolute Gasteiger partial charge is 0.268 e. The Bertz CT molecular complexity index is 1160. The Hall–Kier alpha value is -2.70. The van der Waals surface area contributed by atoms with Crippen LogP contribution in [0.2, 0.25) is 5.02 Å². The lowest BCUT2D eigenvalue weighted by Crippen LogP contribution is -2.21. The maximum absolute atomic E-state index is 14.1. The number of hydrogen-bond acceptors (Lipinski definition) is 4. The van der Waals surface area contributed by atoms with Crippen molar-refractivity contribution in [1.29, 1.82) is 0 Å². The molecule has 0 unspecified atom stereocenters. The molecule has 0 radical (unpaired) electrons. The van der Waals surface area contributed by atoms with E-state index >= 15 is 0 Å². The van der Waals surface area contributed by atoms with Crippen LogP contribution < -0.4 is 5.56 Å². The summed E-state index contributed by atoms with van der Waals surface area (Å²) in [7, 11) is 0. The third-order valence-corrected chi connectivity index (χ3v) is 5.38. The lowest BCUT2D eigenvalue weighted by atomic mass is 10.2. The highest BCUT2D eigenvalue weighted by Crippen LogP contribution is 2.29.